The number of carbonyl (C=O) groups excluding carboxylic acids is 1. The van der Waals surface area contributed by atoms with Crippen molar-refractivity contribution in [1.29, 1.82) is 0 Å². The van der Waals surface area contributed by atoms with Gasteiger partial charge in [-0.05, 0) is 36.6 Å². The lowest BCUT2D eigenvalue weighted by Gasteiger charge is -2.27. The molecule has 0 bridgehead atoms. The number of hydrogen-bond donors (Lipinski definition) is 0. The normalized spacial score (nSPS) is 26.0. The molecule has 0 saturated carbocycles. The smallest absolute Gasteiger partial charge is 0.160 e. The minimum atomic E-state index is -0.372. The van der Waals surface area contributed by atoms with Crippen LogP contribution in [-0.4, -0.2) is 19.0 Å². The molecule has 0 radical (unpaired) electrons. The van der Waals surface area contributed by atoms with Crippen LogP contribution in [0.2, 0.25) is 5.02 Å². The Morgan fingerprint density at radius 2 is 2.26 bits per heavy atom. The van der Waals surface area contributed by atoms with Crippen molar-refractivity contribution in [3.63, 3.8) is 0 Å². The van der Waals surface area contributed by atoms with Gasteiger partial charge in [0.1, 0.15) is 6.10 Å². The Morgan fingerprint density at radius 1 is 1.42 bits per heavy atom. The summed E-state index contributed by atoms with van der Waals surface area (Å²) in [6.07, 6.45) is 1.84. The second kappa shape index (κ2) is 4.99. The van der Waals surface area contributed by atoms with Crippen molar-refractivity contribution in [3.8, 4) is 0 Å². The molecule has 3 nitrogen and oxygen atoms in total. The highest BCUT2D eigenvalue weighted by Gasteiger charge is 2.32. The first-order valence-electron chi connectivity index (χ1n) is 6.40. The summed E-state index contributed by atoms with van der Waals surface area (Å²) < 4.78 is 11.4. The van der Waals surface area contributed by atoms with Gasteiger partial charge in [0, 0.05) is 17.0 Å². The lowest BCUT2D eigenvalue weighted by molar-refractivity contribution is -0.114. The van der Waals surface area contributed by atoms with Crippen LogP contribution in [0.25, 0.3) is 0 Å². The summed E-state index contributed by atoms with van der Waals surface area (Å²) >= 11 is 6.08. The molecule has 2 heterocycles. The number of carbonyl (C=O) groups is 1. The zero-order chi connectivity index (χ0) is 13.4. The highest BCUT2D eigenvalue weighted by Crippen LogP contribution is 2.40. The van der Waals surface area contributed by atoms with Gasteiger partial charge in [0.2, 0.25) is 0 Å². The molecule has 2 atom stereocenters. The molecule has 0 fully saturated rings. The molecular weight excluding hydrogens is 264 g/mol. The topological polar surface area (TPSA) is 35.5 Å². The maximum Gasteiger partial charge on any atom is 0.160 e. The number of aldehydes is 1. The largest absolute Gasteiger partial charge is 0.487 e. The maximum atomic E-state index is 10.9. The highest BCUT2D eigenvalue weighted by atomic mass is 35.5. The fourth-order valence-electron chi connectivity index (χ4n) is 2.77. The van der Waals surface area contributed by atoms with Crippen molar-refractivity contribution in [2.45, 2.75) is 32.0 Å². The summed E-state index contributed by atoms with van der Waals surface area (Å²) in [6, 6.07) is 5.91. The molecule has 2 aliphatic rings. The highest BCUT2D eigenvalue weighted by molar-refractivity contribution is 6.30. The van der Waals surface area contributed by atoms with Gasteiger partial charge in [-0.15, -0.1) is 0 Å². The lowest BCUT2D eigenvalue weighted by atomic mass is 9.91. The number of rotatable bonds is 2. The molecule has 2 unspecified atom stereocenters. The molecule has 3 rings (SSSR count). The minimum absolute atomic E-state index is 0.132. The zero-order valence-corrected chi connectivity index (χ0v) is 11.4. The third-order valence-corrected chi connectivity index (χ3v) is 3.95. The Bertz CT molecular complexity index is 550. The molecule has 1 aromatic carbocycles. The lowest BCUT2D eigenvalue weighted by Crippen LogP contribution is -2.18. The van der Waals surface area contributed by atoms with Crippen molar-refractivity contribution in [2.75, 3.05) is 6.61 Å². The number of ether oxygens (including phenoxy) is 2. The number of hydrogen-bond acceptors (Lipinski definition) is 3. The van der Waals surface area contributed by atoms with Crippen LogP contribution in [0.15, 0.2) is 29.5 Å². The Kier molecular flexibility index (Phi) is 3.33. The number of benzene rings is 1. The van der Waals surface area contributed by atoms with E-state index in [1.165, 1.54) is 5.56 Å². The van der Waals surface area contributed by atoms with Crippen LogP contribution < -0.4 is 0 Å². The fraction of sp³-hybridized carbons (Fsp3) is 0.400. The molecule has 0 spiro atoms. The third kappa shape index (κ3) is 2.28. The van der Waals surface area contributed by atoms with Crippen molar-refractivity contribution in [3.05, 3.63) is 45.7 Å². The molecule has 4 heteroatoms. The van der Waals surface area contributed by atoms with Crippen molar-refractivity contribution >= 4 is 17.9 Å². The van der Waals surface area contributed by atoms with E-state index in [1.54, 1.807) is 0 Å². The van der Waals surface area contributed by atoms with Crippen LogP contribution in [-0.2, 0) is 20.7 Å². The molecule has 0 amide bonds. The molecule has 1 aromatic rings. The third-order valence-electron chi connectivity index (χ3n) is 3.72. The van der Waals surface area contributed by atoms with Gasteiger partial charge in [-0.2, -0.15) is 0 Å². The number of fused-ring (bicyclic) bond motifs is 1. The zero-order valence-electron chi connectivity index (χ0n) is 10.7. The summed E-state index contributed by atoms with van der Waals surface area (Å²) in [5.41, 5.74) is 3.42. The van der Waals surface area contributed by atoms with E-state index in [1.807, 2.05) is 19.1 Å². The first-order chi connectivity index (χ1) is 9.19. The van der Waals surface area contributed by atoms with Gasteiger partial charge in [-0.1, -0.05) is 17.7 Å². The van der Waals surface area contributed by atoms with Gasteiger partial charge in [0.25, 0.3) is 0 Å². The van der Waals surface area contributed by atoms with E-state index in [0.29, 0.717) is 18.1 Å². The molecule has 0 saturated heterocycles. The van der Waals surface area contributed by atoms with Gasteiger partial charge in [0.15, 0.2) is 12.4 Å². The van der Waals surface area contributed by atoms with E-state index in [4.69, 9.17) is 21.1 Å². The first kappa shape index (κ1) is 12.7. The van der Waals surface area contributed by atoms with E-state index in [2.05, 4.69) is 6.07 Å². The quantitative estimate of drug-likeness (QED) is 0.779. The van der Waals surface area contributed by atoms with E-state index in [-0.39, 0.29) is 12.2 Å². The molecular formula is C15H15ClO3. The second-order valence-corrected chi connectivity index (χ2v) is 5.36. The van der Waals surface area contributed by atoms with Crippen LogP contribution >= 0.6 is 11.6 Å². The SMILES string of the molecule is CC1=C(C2OCCc3ccc(Cl)cc32)CC(C=O)O1. The average molecular weight is 279 g/mol. The van der Waals surface area contributed by atoms with Gasteiger partial charge in [0.05, 0.1) is 12.4 Å². The predicted molar refractivity (Wildman–Crippen MR) is 72.1 cm³/mol. The summed E-state index contributed by atoms with van der Waals surface area (Å²) in [6.45, 7) is 2.57. The van der Waals surface area contributed by atoms with E-state index in [0.717, 1.165) is 29.6 Å². The summed E-state index contributed by atoms with van der Waals surface area (Å²) in [5.74, 6) is 0.801. The van der Waals surface area contributed by atoms with Gasteiger partial charge in [-0.25, -0.2) is 0 Å². The van der Waals surface area contributed by atoms with Gasteiger partial charge < -0.3 is 9.47 Å². The predicted octanol–water partition coefficient (Wildman–Crippen LogP) is 3.22. The Hall–Kier alpha value is -1.32. The Morgan fingerprint density at radius 3 is 3.00 bits per heavy atom. The van der Waals surface area contributed by atoms with Crippen LogP contribution in [0.5, 0.6) is 0 Å². The van der Waals surface area contributed by atoms with E-state index < -0.39 is 0 Å². The first-order valence-corrected chi connectivity index (χ1v) is 6.78. The van der Waals surface area contributed by atoms with Crippen LogP contribution in [0, 0.1) is 0 Å². The van der Waals surface area contributed by atoms with Crippen LogP contribution in [0.1, 0.15) is 30.6 Å². The van der Waals surface area contributed by atoms with Crippen LogP contribution in [0.4, 0.5) is 0 Å². The summed E-state index contributed by atoms with van der Waals surface area (Å²) in [4.78, 5) is 10.9. The van der Waals surface area contributed by atoms with Gasteiger partial charge >= 0.3 is 0 Å². The monoisotopic (exact) mass is 278 g/mol. The fourth-order valence-corrected chi connectivity index (χ4v) is 2.96. The van der Waals surface area contributed by atoms with Crippen molar-refractivity contribution in [2.24, 2.45) is 0 Å². The van der Waals surface area contributed by atoms with Crippen LogP contribution in [0.3, 0.4) is 0 Å². The van der Waals surface area contributed by atoms with E-state index in [9.17, 15) is 4.79 Å². The molecule has 0 N–H and O–H groups in total. The maximum absolute atomic E-state index is 10.9. The molecule has 19 heavy (non-hydrogen) atoms. The van der Waals surface area contributed by atoms with Crippen molar-refractivity contribution in [1.82, 2.24) is 0 Å². The Balaban J connectivity index is 1.98. The van der Waals surface area contributed by atoms with E-state index >= 15 is 0 Å². The molecule has 100 valence electrons. The minimum Gasteiger partial charge on any atom is -0.487 e. The Labute approximate surface area is 117 Å². The van der Waals surface area contributed by atoms with Crippen molar-refractivity contribution < 1.29 is 14.3 Å². The molecule has 0 aliphatic carbocycles. The van der Waals surface area contributed by atoms with Gasteiger partial charge in [-0.3, -0.25) is 4.79 Å². The number of halogens is 1. The summed E-state index contributed by atoms with van der Waals surface area (Å²) in [5, 5.41) is 0.707. The molecule has 2 aliphatic heterocycles. The second-order valence-electron chi connectivity index (χ2n) is 4.92. The number of allylic oxidation sites excluding steroid dienone is 1. The average Bonchev–Trinajstić information content (AvgIpc) is 2.79. The summed E-state index contributed by atoms with van der Waals surface area (Å²) in [7, 11) is 0. The molecule has 0 aromatic heterocycles. The standard InChI is InChI=1S/C15H15ClO3/c1-9-13(7-12(8-17)19-9)15-14-6-11(16)3-2-10(14)4-5-18-15/h2-3,6,8,12,15H,4-5,7H2,1H3.